The fourth-order valence-corrected chi connectivity index (χ4v) is 6.08. The van der Waals surface area contributed by atoms with Crippen LogP contribution in [-0.2, 0) is 6.42 Å². The Labute approximate surface area is 174 Å². The second-order valence-electron chi connectivity index (χ2n) is 9.46. The van der Waals surface area contributed by atoms with Crippen molar-refractivity contribution in [3.8, 4) is 0 Å². The molecule has 2 fully saturated rings. The first kappa shape index (κ1) is 20.6. The molecule has 29 heavy (non-hydrogen) atoms. The highest BCUT2D eigenvalue weighted by Gasteiger charge is 2.36. The normalized spacial score (nSPS) is 27.0. The minimum atomic E-state index is -0.399. The van der Waals surface area contributed by atoms with Gasteiger partial charge in [0.2, 0.25) is 0 Å². The van der Waals surface area contributed by atoms with Gasteiger partial charge in [0.05, 0.1) is 5.39 Å². The quantitative estimate of drug-likeness (QED) is 0.430. The Morgan fingerprint density at radius 1 is 1.03 bits per heavy atom. The summed E-state index contributed by atoms with van der Waals surface area (Å²) in [7, 11) is 0. The number of fused-ring (bicyclic) bond motifs is 2. The predicted molar refractivity (Wildman–Crippen MR) is 118 cm³/mol. The van der Waals surface area contributed by atoms with Crippen LogP contribution in [-0.4, -0.2) is 0 Å². The highest BCUT2D eigenvalue weighted by atomic mass is 19.1. The van der Waals surface area contributed by atoms with Gasteiger partial charge in [-0.1, -0.05) is 50.5 Å². The van der Waals surface area contributed by atoms with E-state index in [1.54, 1.807) is 12.1 Å². The number of rotatable bonds is 6. The summed E-state index contributed by atoms with van der Waals surface area (Å²) >= 11 is 0. The first-order valence-electron chi connectivity index (χ1n) is 11.6. The largest absolute Gasteiger partial charge is 0.206 e. The number of benzene rings is 2. The fourth-order valence-electron chi connectivity index (χ4n) is 6.08. The van der Waals surface area contributed by atoms with Crippen LogP contribution in [0, 0.1) is 29.4 Å². The topological polar surface area (TPSA) is 0 Å². The van der Waals surface area contributed by atoms with Crippen LogP contribution in [0.25, 0.3) is 10.8 Å². The van der Waals surface area contributed by atoms with Gasteiger partial charge in [-0.05, 0) is 91.2 Å². The van der Waals surface area contributed by atoms with Gasteiger partial charge >= 0.3 is 0 Å². The molecule has 0 bridgehead atoms. The Balaban J connectivity index is 1.54. The standard InChI is InChI=1S/C27H34F2/c1-3-5-7-19-10-13-23-16-24(17-25(28)26(23)27(19)29)22-12-11-20-14-18(6-4-2)8-9-21(20)15-22/h3,10,13,16-18,20-22H,1,4-9,11-12,14-15H2,2H3. The zero-order chi connectivity index (χ0) is 20.4. The van der Waals surface area contributed by atoms with Gasteiger partial charge in [-0.25, -0.2) is 8.78 Å². The molecule has 2 aromatic rings. The van der Waals surface area contributed by atoms with Gasteiger partial charge in [0.25, 0.3) is 0 Å². The van der Waals surface area contributed by atoms with Crippen molar-refractivity contribution >= 4 is 10.8 Å². The third-order valence-corrected chi connectivity index (χ3v) is 7.62. The highest BCUT2D eigenvalue weighted by molar-refractivity contribution is 5.85. The maximum Gasteiger partial charge on any atom is 0.137 e. The summed E-state index contributed by atoms with van der Waals surface area (Å²) in [6.07, 6.45) is 13.4. The Kier molecular flexibility index (Phi) is 6.37. The van der Waals surface area contributed by atoms with E-state index in [1.165, 1.54) is 44.9 Å². The summed E-state index contributed by atoms with van der Waals surface area (Å²) in [6, 6.07) is 7.38. The summed E-state index contributed by atoms with van der Waals surface area (Å²) in [5.74, 6) is 2.21. The van der Waals surface area contributed by atoms with E-state index in [0.29, 0.717) is 29.7 Å². The number of aryl methyl sites for hydroxylation is 1. The molecule has 0 N–H and O–H groups in total. The molecule has 0 saturated heterocycles. The first-order valence-corrected chi connectivity index (χ1v) is 11.6. The van der Waals surface area contributed by atoms with Gasteiger partial charge in [-0.3, -0.25) is 0 Å². The van der Waals surface area contributed by atoms with Crippen LogP contribution in [0.4, 0.5) is 8.78 Å². The second-order valence-corrected chi connectivity index (χ2v) is 9.46. The molecule has 0 nitrogen and oxygen atoms in total. The van der Waals surface area contributed by atoms with Crippen molar-refractivity contribution in [3.63, 3.8) is 0 Å². The SMILES string of the molecule is C=CCCc1ccc2cc(C3CCC4CC(CCC)CCC4C3)cc(F)c2c1F. The van der Waals surface area contributed by atoms with Crippen LogP contribution >= 0.6 is 0 Å². The third-order valence-electron chi connectivity index (χ3n) is 7.62. The lowest BCUT2D eigenvalue weighted by atomic mass is 9.63. The molecule has 0 spiro atoms. The Morgan fingerprint density at radius 2 is 1.83 bits per heavy atom. The molecule has 156 valence electrons. The molecule has 0 heterocycles. The smallest absolute Gasteiger partial charge is 0.137 e. The highest BCUT2D eigenvalue weighted by Crippen LogP contribution is 2.48. The van der Waals surface area contributed by atoms with Gasteiger partial charge in [-0.15, -0.1) is 6.58 Å². The van der Waals surface area contributed by atoms with E-state index in [0.717, 1.165) is 29.7 Å². The van der Waals surface area contributed by atoms with Crippen molar-refractivity contribution in [2.45, 2.75) is 77.0 Å². The summed E-state index contributed by atoms with van der Waals surface area (Å²) in [5, 5.41) is 0.859. The molecular weight excluding hydrogens is 362 g/mol. The van der Waals surface area contributed by atoms with Crippen molar-refractivity contribution < 1.29 is 8.78 Å². The summed E-state index contributed by atoms with van der Waals surface area (Å²) < 4.78 is 29.8. The molecule has 2 saturated carbocycles. The van der Waals surface area contributed by atoms with Crippen molar-refractivity contribution in [1.29, 1.82) is 0 Å². The third kappa shape index (κ3) is 4.27. The molecule has 0 radical (unpaired) electrons. The molecule has 0 amide bonds. The van der Waals surface area contributed by atoms with E-state index in [1.807, 2.05) is 18.2 Å². The van der Waals surface area contributed by atoms with E-state index in [2.05, 4.69) is 13.5 Å². The molecule has 2 aliphatic rings. The zero-order valence-electron chi connectivity index (χ0n) is 17.7. The molecule has 0 aliphatic heterocycles. The average Bonchev–Trinajstić information content (AvgIpc) is 2.73. The van der Waals surface area contributed by atoms with Gasteiger partial charge in [-0.2, -0.15) is 0 Å². The maximum atomic E-state index is 15.0. The minimum absolute atomic E-state index is 0.157. The van der Waals surface area contributed by atoms with Gasteiger partial charge in [0.15, 0.2) is 0 Å². The van der Waals surface area contributed by atoms with Crippen LogP contribution in [0.3, 0.4) is 0 Å². The number of hydrogen-bond acceptors (Lipinski definition) is 0. The lowest BCUT2D eigenvalue weighted by Crippen LogP contribution is -2.30. The van der Waals surface area contributed by atoms with Gasteiger partial charge < -0.3 is 0 Å². The lowest BCUT2D eigenvalue weighted by molar-refractivity contribution is 0.114. The minimum Gasteiger partial charge on any atom is -0.206 e. The molecular formula is C27H34F2. The van der Waals surface area contributed by atoms with Crippen LogP contribution in [0.5, 0.6) is 0 Å². The monoisotopic (exact) mass is 396 g/mol. The van der Waals surface area contributed by atoms with E-state index in [4.69, 9.17) is 0 Å². The Hall–Kier alpha value is -1.70. The fraction of sp³-hybridized carbons (Fsp3) is 0.556. The maximum absolute atomic E-state index is 15.0. The molecule has 2 heteroatoms. The van der Waals surface area contributed by atoms with Gasteiger partial charge in [0, 0.05) is 0 Å². The molecule has 2 aromatic carbocycles. The van der Waals surface area contributed by atoms with E-state index in [9.17, 15) is 8.78 Å². The average molecular weight is 397 g/mol. The second kappa shape index (κ2) is 8.98. The molecule has 0 aromatic heterocycles. The van der Waals surface area contributed by atoms with E-state index < -0.39 is 11.6 Å². The van der Waals surface area contributed by atoms with Crippen molar-refractivity contribution in [2.75, 3.05) is 0 Å². The predicted octanol–water partition coefficient (Wildman–Crippen LogP) is 8.34. The molecule has 4 unspecified atom stereocenters. The van der Waals surface area contributed by atoms with E-state index in [-0.39, 0.29) is 5.39 Å². The summed E-state index contributed by atoms with van der Waals surface area (Å²) in [5.41, 5.74) is 1.65. The molecule has 4 atom stereocenters. The molecule has 4 rings (SSSR count). The van der Waals surface area contributed by atoms with Crippen LogP contribution in [0.1, 0.15) is 81.8 Å². The van der Waals surface area contributed by atoms with E-state index >= 15 is 0 Å². The zero-order valence-corrected chi connectivity index (χ0v) is 17.7. The number of halogens is 2. The lowest BCUT2D eigenvalue weighted by Gasteiger charge is -2.42. The van der Waals surface area contributed by atoms with Crippen molar-refractivity contribution in [3.05, 3.63) is 59.7 Å². The Bertz CT molecular complexity index is 868. The number of allylic oxidation sites excluding steroid dienone is 1. The Morgan fingerprint density at radius 3 is 2.62 bits per heavy atom. The summed E-state index contributed by atoms with van der Waals surface area (Å²) in [6.45, 7) is 5.99. The van der Waals surface area contributed by atoms with Crippen molar-refractivity contribution in [2.24, 2.45) is 17.8 Å². The van der Waals surface area contributed by atoms with Gasteiger partial charge in [0.1, 0.15) is 11.6 Å². The van der Waals surface area contributed by atoms with Crippen LogP contribution in [0.2, 0.25) is 0 Å². The summed E-state index contributed by atoms with van der Waals surface area (Å²) in [4.78, 5) is 0. The van der Waals surface area contributed by atoms with Crippen molar-refractivity contribution in [1.82, 2.24) is 0 Å². The van der Waals surface area contributed by atoms with Crippen LogP contribution in [0.15, 0.2) is 36.9 Å². The van der Waals surface area contributed by atoms with Crippen LogP contribution < -0.4 is 0 Å². The molecule has 2 aliphatic carbocycles. The first-order chi connectivity index (χ1) is 14.1. The number of hydrogen-bond donors (Lipinski definition) is 0.